The van der Waals surface area contributed by atoms with Crippen molar-refractivity contribution in [2.75, 3.05) is 20.2 Å². The van der Waals surface area contributed by atoms with E-state index in [-0.39, 0.29) is 17.9 Å². The van der Waals surface area contributed by atoms with Gasteiger partial charge in [-0.2, -0.15) is 0 Å². The molecule has 1 aliphatic heterocycles. The summed E-state index contributed by atoms with van der Waals surface area (Å²) in [6.07, 6.45) is 4.73. The monoisotopic (exact) mass is 448 g/mol. The Labute approximate surface area is 194 Å². The lowest BCUT2D eigenvalue weighted by Crippen LogP contribution is -2.43. The number of ether oxygens (including phenoxy) is 1. The van der Waals surface area contributed by atoms with Gasteiger partial charge >= 0.3 is 0 Å². The van der Waals surface area contributed by atoms with Gasteiger partial charge in [0.25, 0.3) is 5.91 Å². The Morgan fingerprint density at radius 2 is 2.00 bits per heavy atom. The molecule has 3 aromatic rings. The van der Waals surface area contributed by atoms with Crippen LogP contribution < -0.4 is 10.1 Å². The first-order chi connectivity index (χ1) is 16.1. The van der Waals surface area contributed by atoms with E-state index in [1.807, 2.05) is 39.8 Å². The summed E-state index contributed by atoms with van der Waals surface area (Å²) in [5.74, 6) is 1.56. The van der Waals surface area contributed by atoms with Crippen molar-refractivity contribution in [1.82, 2.24) is 19.8 Å². The summed E-state index contributed by atoms with van der Waals surface area (Å²) in [5.41, 5.74) is 2.45. The van der Waals surface area contributed by atoms with Crippen LogP contribution >= 0.6 is 0 Å². The van der Waals surface area contributed by atoms with Gasteiger partial charge < -0.3 is 19.5 Å². The van der Waals surface area contributed by atoms with Crippen LogP contribution in [0.5, 0.6) is 5.75 Å². The lowest BCUT2D eigenvalue weighted by Gasteiger charge is -2.33. The number of aromatic nitrogens is 2. The van der Waals surface area contributed by atoms with Gasteiger partial charge in [0, 0.05) is 31.1 Å². The highest BCUT2D eigenvalue weighted by Crippen LogP contribution is 2.21. The molecular weight excluding hydrogens is 416 g/mol. The second-order valence-electron chi connectivity index (χ2n) is 8.63. The summed E-state index contributed by atoms with van der Waals surface area (Å²) < 4.78 is 7.24. The molecule has 1 fully saturated rings. The maximum atomic E-state index is 13.1. The van der Waals surface area contributed by atoms with Gasteiger partial charge in [0.1, 0.15) is 18.1 Å². The van der Waals surface area contributed by atoms with Crippen molar-refractivity contribution in [3.05, 3.63) is 59.9 Å². The zero-order chi connectivity index (χ0) is 23.2. The number of nitrogens with zero attached hydrogens (tertiary/aromatic N) is 3. The fraction of sp³-hybridized carbons (Fsp3) is 0.423. The fourth-order valence-corrected chi connectivity index (χ4v) is 4.50. The minimum atomic E-state index is -0.128. The highest BCUT2D eigenvalue weighted by Gasteiger charge is 2.24. The van der Waals surface area contributed by atoms with Crippen molar-refractivity contribution in [3.63, 3.8) is 0 Å². The third-order valence-corrected chi connectivity index (χ3v) is 6.34. The number of aryl methyl sites for hydroxylation is 1. The molecule has 1 aromatic heterocycles. The summed E-state index contributed by atoms with van der Waals surface area (Å²) in [4.78, 5) is 32.4. The van der Waals surface area contributed by atoms with Gasteiger partial charge in [0.2, 0.25) is 5.91 Å². The third kappa shape index (κ3) is 5.35. The molecule has 0 bridgehead atoms. The van der Waals surface area contributed by atoms with E-state index in [9.17, 15) is 9.59 Å². The van der Waals surface area contributed by atoms with Crippen molar-refractivity contribution in [2.24, 2.45) is 0 Å². The fourth-order valence-electron chi connectivity index (χ4n) is 4.50. The Morgan fingerprint density at radius 1 is 1.15 bits per heavy atom. The number of methoxy groups -OCH3 is 1. The molecule has 0 aliphatic carbocycles. The summed E-state index contributed by atoms with van der Waals surface area (Å²) >= 11 is 0. The highest BCUT2D eigenvalue weighted by atomic mass is 16.5. The topological polar surface area (TPSA) is 76.5 Å². The Morgan fingerprint density at radius 3 is 2.82 bits per heavy atom. The standard InChI is InChI=1S/C26H32N4O3/c1-19-9-5-6-16-29(19)25(31)18-30-23-13-4-3-12-22(23)28-24(30)14-8-15-27-26(32)20-10-7-11-21(17-20)33-2/h3-4,7,10-13,17,19H,5-6,8-9,14-16,18H2,1-2H3,(H,27,32). The van der Waals surface area contributed by atoms with Crippen LogP contribution in [0.4, 0.5) is 0 Å². The van der Waals surface area contributed by atoms with Crippen LogP contribution in [0.25, 0.3) is 11.0 Å². The Balaban J connectivity index is 1.41. The van der Waals surface area contributed by atoms with E-state index in [4.69, 9.17) is 9.72 Å². The number of para-hydroxylation sites is 2. The van der Waals surface area contributed by atoms with Gasteiger partial charge in [-0.25, -0.2) is 4.98 Å². The van der Waals surface area contributed by atoms with Crippen molar-refractivity contribution >= 4 is 22.8 Å². The first kappa shape index (κ1) is 22.8. The van der Waals surface area contributed by atoms with Gasteiger partial charge in [-0.3, -0.25) is 9.59 Å². The molecule has 1 saturated heterocycles. The third-order valence-electron chi connectivity index (χ3n) is 6.34. The van der Waals surface area contributed by atoms with E-state index in [1.165, 1.54) is 6.42 Å². The predicted octanol–water partition coefficient (Wildman–Crippen LogP) is 3.81. The van der Waals surface area contributed by atoms with E-state index in [0.29, 0.717) is 30.8 Å². The molecule has 1 atom stereocenters. The van der Waals surface area contributed by atoms with Crippen molar-refractivity contribution in [2.45, 2.75) is 51.6 Å². The maximum Gasteiger partial charge on any atom is 0.251 e. The smallest absolute Gasteiger partial charge is 0.251 e. The first-order valence-corrected chi connectivity index (χ1v) is 11.7. The number of hydrogen-bond donors (Lipinski definition) is 1. The van der Waals surface area contributed by atoms with Gasteiger partial charge in [-0.15, -0.1) is 0 Å². The molecule has 1 unspecified atom stereocenters. The molecule has 2 heterocycles. The number of piperidine rings is 1. The predicted molar refractivity (Wildman–Crippen MR) is 128 cm³/mol. The zero-order valence-electron chi connectivity index (χ0n) is 19.4. The van der Waals surface area contributed by atoms with Crippen molar-refractivity contribution in [3.8, 4) is 5.75 Å². The van der Waals surface area contributed by atoms with E-state index in [2.05, 4.69) is 12.2 Å². The average Bonchev–Trinajstić information content (AvgIpc) is 3.19. The van der Waals surface area contributed by atoms with Crippen LogP contribution in [0.3, 0.4) is 0 Å². The molecule has 174 valence electrons. The van der Waals surface area contributed by atoms with E-state index < -0.39 is 0 Å². The van der Waals surface area contributed by atoms with Gasteiger partial charge in [-0.05, 0) is 62.9 Å². The van der Waals surface area contributed by atoms with Crippen LogP contribution in [-0.2, 0) is 17.8 Å². The molecule has 0 saturated carbocycles. The lowest BCUT2D eigenvalue weighted by atomic mass is 10.0. The number of carbonyl (C=O) groups excluding carboxylic acids is 2. The number of likely N-dealkylation sites (tertiary alicyclic amines) is 1. The molecule has 33 heavy (non-hydrogen) atoms. The largest absolute Gasteiger partial charge is 0.497 e. The normalized spacial score (nSPS) is 16.1. The first-order valence-electron chi connectivity index (χ1n) is 11.7. The van der Waals surface area contributed by atoms with Crippen LogP contribution in [-0.4, -0.2) is 52.5 Å². The van der Waals surface area contributed by atoms with Crippen molar-refractivity contribution < 1.29 is 14.3 Å². The minimum Gasteiger partial charge on any atom is -0.497 e. The molecule has 7 nitrogen and oxygen atoms in total. The SMILES string of the molecule is COc1cccc(C(=O)NCCCc2nc3ccccc3n2CC(=O)N2CCCCC2C)c1. The molecule has 2 aromatic carbocycles. The number of amides is 2. The van der Waals surface area contributed by atoms with E-state index >= 15 is 0 Å². The lowest BCUT2D eigenvalue weighted by molar-refractivity contribution is -0.135. The summed E-state index contributed by atoms with van der Waals surface area (Å²) in [5, 5.41) is 2.97. The number of imidazole rings is 1. The zero-order valence-corrected chi connectivity index (χ0v) is 19.4. The number of fused-ring (bicyclic) bond motifs is 1. The van der Waals surface area contributed by atoms with Crippen LogP contribution in [0.1, 0.15) is 48.8 Å². The van der Waals surface area contributed by atoms with E-state index in [0.717, 1.165) is 42.7 Å². The Bertz CT molecular complexity index is 1120. The summed E-state index contributed by atoms with van der Waals surface area (Å²) in [7, 11) is 1.58. The molecular formula is C26H32N4O3. The molecule has 1 aliphatic rings. The Hall–Kier alpha value is -3.35. The maximum absolute atomic E-state index is 13.1. The minimum absolute atomic E-state index is 0.128. The number of rotatable bonds is 8. The second-order valence-corrected chi connectivity index (χ2v) is 8.63. The average molecular weight is 449 g/mol. The highest BCUT2D eigenvalue weighted by molar-refractivity contribution is 5.94. The second kappa shape index (κ2) is 10.5. The van der Waals surface area contributed by atoms with Crippen LogP contribution in [0.2, 0.25) is 0 Å². The van der Waals surface area contributed by atoms with Gasteiger partial charge in [-0.1, -0.05) is 18.2 Å². The summed E-state index contributed by atoms with van der Waals surface area (Å²) in [6, 6.07) is 15.3. The molecule has 4 rings (SSSR count). The number of hydrogen-bond acceptors (Lipinski definition) is 4. The molecule has 0 radical (unpaired) electrons. The quantitative estimate of drug-likeness (QED) is 0.532. The Kier molecular flexibility index (Phi) is 7.27. The molecule has 1 N–H and O–H groups in total. The number of benzene rings is 2. The molecule has 7 heteroatoms. The number of carbonyl (C=O) groups is 2. The summed E-state index contributed by atoms with van der Waals surface area (Å²) in [6.45, 7) is 3.79. The number of nitrogens with one attached hydrogen (secondary N) is 1. The van der Waals surface area contributed by atoms with Crippen LogP contribution in [0, 0.1) is 0 Å². The van der Waals surface area contributed by atoms with E-state index in [1.54, 1.807) is 25.3 Å². The van der Waals surface area contributed by atoms with Crippen molar-refractivity contribution in [1.29, 1.82) is 0 Å². The van der Waals surface area contributed by atoms with Crippen LogP contribution in [0.15, 0.2) is 48.5 Å². The molecule has 2 amide bonds. The molecule has 0 spiro atoms. The van der Waals surface area contributed by atoms with Gasteiger partial charge in [0.15, 0.2) is 0 Å². The van der Waals surface area contributed by atoms with Gasteiger partial charge in [0.05, 0.1) is 18.1 Å².